The van der Waals surface area contributed by atoms with Crippen molar-refractivity contribution in [1.82, 2.24) is 0 Å². The van der Waals surface area contributed by atoms with Crippen LogP contribution in [0.5, 0.6) is 0 Å². The van der Waals surface area contributed by atoms with E-state index in [0.29, 0.717) is 5.92 Å². The van der Waals surface area contributed by atoms with Gasteiger partial charge in [0.05, 0.1) is 0 Å². The van der Waals surface area contributed by atoms with E-state index in [0.717, 1.165) is 19.3 Å². The summed E-state index contributed by atoms with van der Waals surface area (Å²) >= 11 is 0. The minimum Gasteiger partial charge on any atom is -0.550 e. The first-order valence-corrected chi connectivity index (χ1v) is 5.65. The van der Waals surface area contributed by atoms with Gasteiger partial charge in [-0.05, 0) is 12.3 Å². The van der Waals surface area contributed by atoms with Crippen LogP contribution in [0.15, 0.2) is 0 Å². The van der Waals surface area contributed by atoms with Crippen molar-refractivity contribution in [1.29, 1.82) is 0 Å². The third-order valence-electron chi connectivity index (χ3n) is 2.89. The molecule has 0 aromatic rings. The molecule has 1 atom stereocenters. The lowest BCUT2D eigenvalue weighted by atomic mass is 9.80. The topological polar surface area (TPSA) is 40.1 Å². The molecule has 2 nitrogen and oxygen atoms in total. The quantitative estimate of drug-likeness (QED) is 0.631. The fourth-order valence-corrected chi connectivity index (χ4v) is 1.75. The number of carboxylic acid groups (broad SMARTS) is 1. The zero-order valence-electron chi connectivity index (χ0n) is 9.93. The summed E-state index contributed by atoms with van der Waals surface area (Å²) in [5.74, 6) is -0.393. The third-order valence-corrected chi connectivity index (χ3v) is 2.89. The predicted molar refractivity (Wildman–Crippen MR) is 56.7 cm³/mol. The van der Waals surface area contributed by atoms with Crippen LogP contribution in [0.2, 0.25) is 0 Å². The second-order valence-electron chi connectivity index (χ2n) is 4.79. The molecule has 0 rings (SSSR count). The van der Waals surface area contributed by atoms with Gasteiger partial charge in [-0.1, -0.05) is 53.4 Å². The van der Waals surface area contributed by atoms with E-state index in [-0.39, 0.29) is 0 Å². The average Bonchev–Trinajstić information content (AvgIpc) is 2.11. The summed E-state index contributed by atoms with van der Waals surface area (Å²) in [7, 11) is 0. The molecule has 0 heterocycles. The van der Waals surface area contributed by atoms with Gasteiger partial charge in [0.2, 0.25) is 0 Å². The fraction of sp³-hybridized carbons (Fsp3) is 0.917. The van der Waals surface area contributed by atoms with E-state index < -0.39 is 11.4 Å². The van der Waals surface area contributed by atoms with Gasteiger partial charge in [-0.25, -0.2) is 0 Å². The number of carboxylic acids is 1. The maximum Gasteiger partial charge on any atom is 0.0470 e. The monoisotopic (exact) mass is 199 g/mol. The Bertz CT molecular complexity index is 173. The molecule has 2 heteroatoms. The Labute approximate surface area is 87.7 Å². The lowest BCUT2D eigenvalue weighted by Crippen LogP contribution is -2.39. The van der Waals surface area contributed by atoms with E-state index in [9.17, 15) is 9.90 Å². The highest BCUT2D eigenvalue weighted by Crippen LogP contribution is 2.29. The van der Waals surface area contributed by atoms with Crippen molar-refractivity contribution in [3.63, 3.8) is 0 Å². The highest BCUT2D eigenvalue weighted by Gasteiger charge is 2.23. The van der Waals surface area contributed by atoms with Crippen LogP contribution in [0.25, 0.3) is 0 Å². The summed E-state index contributed by atoms with van der Waals surface area (Å²) in [6.45, 7) is 7.82. The lowest BCUT2D eigenvalue weighted by molar-refractivity contribution is -0.318. The number of carbonyl (C=O) groups excluding carboxylic acids is 1. The van der Waals surface area contributed by atoms with Crippen LogP contribution in [0, 0.1) is 11.3 Å². The van der Waals surface area contributed by atoms with Gasteiger partial charge in [-0.2, -0.15) is 0 Å². The van der Waals surface area contributed by atoms with Gasteiger partial charge in [0.1, 0.15) is 0 Å². The van der Waals surface area contributed by atoms with E-state index in [1.165, 1.54) is 12.8 Å². The summed E-state index contributed by atoms with van der Waals surface area (Å²) in [4.78, 5) is 10.8. The second-order valence-corrected chi connectivity index (χ2v) is 4.79. The number of unbranched alkanes of at least 4 members (excludes halogenated alkanes) is 1. The van der Waals surface area contributed by atoms with Crippen LogP contribution >= 0.6 is 0 Å². The maximum atomic E-state index is 10.8. The van der Waals surface area contributed by atoms with Crippen molar-refractivity contribution in [2.45, 2.75) is 59.8 Å². The summed E-state index contributed by atoms with van der Waals surface area (Å²) in [5.41, 5.74) is -0.672. The number of carbonyl (C=O) groups is 1. The Morgan fingerprint density at radius 2 is 1.93 bits per heavy atom. The molecule has 0 aromatic heterocycles. The molecule has 0 aliphatic carbocycles. The Morgan fingerprint density at radius 3 is 2.29 bits per heavy atom. The van der Waals surface area contributed by atoms with Crippen LogP contribution in [0.4, 0.5) is 0 Å². The Kier molecular flexibility index (Phi) is 5.82. The van der Waals surface area contributed by atoms with Crippen LogP contribution in [0.3, 0.4) is 0 Å². The van der Waals surface area contributed by atoms with Gasteiger partial charge in [-0.3, -0.25) is 0 Å². The standard InChI is InChI=1S/C12H24O2/c1-5-7-8-10(6-2)9-12(3,4)11(13)14/h10H,5-9H2,1-4H3,(H,13,14)/p-1. The maximum absolute atomic E-state index is 10.8. The Hall–Kier alpha value is -0.530. The smallest absolute Gasteiger partial charge is 0.0470 e. The number of rotatable bonds is 7. The number of aliphatic carboxylic acids is 1. The van der Waals surface area contributed by atoms with Crippen LogP contribution < -0.4 is 5.11 Å². The van der Waals surface area contributed by atoms with Gasteiger partial charge >= 0.3 is 0 Å². The first kappa shape index (κ1) is 13.5. The molecule has 14 heavy (non-hydrogen) atoms. The molecule has 0 saturated carbocycles. The van der Waals surface area contributed by atoms with Crippen molar-refractivity contribution in [2.24, 2.45) is 11.3 Å². The lowest BCUT2D eigenvalue weighted by Gasteiger charge is -2.30. The van der Waals surface area contributed by atoms with Gasteiger partial charge in [0.25, 0.3) is 0 Å². The Balaban J connectivity index is 4.09. The van der Waals surface area contributed by atoms with Crippen molar-refractivity contribution in [3.8, 4) is 0 Å². The van der Waals surface area contributed by atoms with Gasteiger partial charge in [-0.15, -0.1) is 0 Å². The molecule has 1 unspecified atom stereocenters. The Morgan fingerprint density at radius 1 is 1.36 bits per heavy atom. The molecule has 0 radical (unpaired) electrons. The molecule has 0 spiro atoms. The predicted octanol–water partition coefficient (Wildman–Crippen LogP) is 2.37. The molecular weight excluding hydrogens is 176 g/mol. The average molecular weight is 199 g/mol. The molecule has 0 bridgehead atoms. The normalized spacial score (nSPS) is 14.0. The van der Waals surface area contributed by atoms with Crippen molar-refractivity contribution >= 4 is 5.97 Å². The molecule has 0 amide bonds. The second kappa shape index (κ2) is 6.05. The number of hydrogen-bond acceptors (Lipinski definition) is 2. The molecular formula is C12H23O2-. The summed E-state index contributed by atoms with van der Waals surface area (Å²) in [6.07, 6.45) is 5.33. The van der Waals surface area contributed by atoms with Crippen LogP contribution in [-0.4, -0.2) is 5.97 Å². The van der Waals surface area contributed by atoms with Gasteiger partial charge < -0.3 is 9.90 Å². The fourth-order valence-electron chi connectivity index (χ4n) is 1.75. The van der Waals surface area contributed by atoms with E-state index in [4.69, 9.17) is 0 Å². The molecule has 0 fully saturated rings. The van der Waals surface area contributed by atoms with E-state index in [1.54, 1.807) is 13.8 Å². The molecule has 0 aliphatic rings. The zero-order valence-corrected chi connectivity index (χ0v) is 9.93. The van der Waals surface area contributed by atoms with Gasteiger partial charge in [0.15, 0.2) is 0 Å². The molecule has 0 aliphatic heterocycles. The highest BCUT2D eigenvalue weighted by molar-refractivity contribution is 5.71. The summed E-state index contributed by atoms with van der Waals surface area (Å²) < 4.78 is 0. The largest absolute Gasteiger partial charge is 0.550 e. The number of hydrogen-bond donors (Lipinski definition) is 0. The highest BCUT2D eigenvalue weighted by atomic mass is 16.4. The van der Waals surface area contributed by atoms with E-state index >= 15 is 0 Å². The van der Waals surface area contributed by atoms with E-state index in [2.05, 4.69) is 13.8 Å². The summed E-state index contributed by atoms with van der Waals surface area (Å²) in [6, 6.07) is 0. The van der Waals surface area contributed by atoms with Crippen LogP contribution in [-0.2, 0) is 4.79 Å². The first-order valence-electron chi connectivity index (χ1n) is 5.65. The zero-order chi connectivity index (χ0) is 11.2. The minimum absolute atomic E-state index is 0.530. The van der Waals surface area contributed by atoms with Crippen molar-refractivity contribution in [3.05, 3.63) is 0 Å². The minimum atomic E-state index is -0.924. The summed E-state index contributed by atoms with van der Waals surface area (Å²) in [5, 5.41) is 10.8. The molecule has 0 N–H and O–H groups in total. The van der Waals surface area contributed by atoms with Crippen molar-refractivity contribution in [2.75, 3.05) is 0 Å². The molecule has 0 aromatic carbocycles. The first-order chi connectivity index (χ1) is 6.44. The van der Waals surface area contributed by atoms with Gasteiger partial charge in [0, 0.05) is 11.4 Å². The SMILES string of the molecule is CCCCC(CC)CC(C)(C)C(=O)[O-]. The van der Waals surface area contributed by atoms with E-state index in [1.807, 2.05) is 0 Å². The third kappa shape index (κ3) is 4.64. The van der Waals surface area contributed by atoms with Crippen LogP contribution in [0.1, 0.15) is 59.8 Å². The molecule has 84 valence electrons. The molecule has 0 saturated heterocycles. The van der Waals surface area contributed by atoms with Crippen molar-refractivity contribution < 1.29 is 9.90 Å².